The summed E-state index contributed by atoms with van der Waals surface area (Å²) in [6.07, 6.45) is -1.93. The van der Waals surface area contributed by atoms with Gasteiger partial charge < -0.3 is 9.84 Å². The predicted molar refractivity (Wildman–Crippen MR) is 54.6 cm³/mol. The number of rotatable bonds is 4. The largest absolute Gasteiger partial charge is 0.469 e. The lowest BCUT2D eigenvalue weighted by Crippen LogP contribution is -2.09. The van der Waals surface area contributed by atoms with Crippen molar-refractivity contribution in [2.24, 2.45) is 0 Å². The number of nitrogens with zero attached hydrogens (tertiary/aromatic N) is 1. The second kappa shape index (κ2) is 5.35. The molecule has 1 aromatic carbocycles. The Hall–Kier alpha value is -2.02. The molecule has 1 atom stereocenters. The Bertz CT molecular complexity index is 448. The van der Waals surface area contributed by atoms with E-state index in [4.69, 9.17) is 0 Å². The van der Waals surface area contributed by atoms with Gasteiger partial charge in [-0.2, -0.15) is 0 Å². The highest BCUT2D eigenvalue weighted by atomic mass is 19.1. The fourth-order valence-electron chi connectivity index (χ4n) is 1.25. The SMILES string of the molecule is COC(=O)CC(O)c1cc([N+](=O)[O-])ccc1F. The van der Waals surface area contributed by atoms with Crippen molar-refractivity contribution >= 4 is 11.7 Å². The summed E-state index contributed by atoms with van der Waals surface area (Å²) in [6, 6.07) is 2.74. The van der Waals surface area contributed by atoms with E-state index in [9.17, 15) is 24.4 Å². The van der Waals surface area contributed by atoms with Gasteiger partial charge >= 0.3 is 5.97 Å². The number of benzene rings is 1. The smallest absolute Gasteiger partial charge is 0.308 e. The van der Waals surface area contributed by atoms with Gasteiger partial charge in [-0.15, -0.1) is 0 Å². The van der Waals surface area contributed by atoms with E-state index in [1.807, 2.05) is 0 Å². The molecular weight excluding hydrogens is 233 g/mol. The highest BCUT2D eigenvalue weighted by molar-refractivity contribution is 5.70. The topological polar surface area (TPSA) is 89.7 Å². The monoisotopic (exact) mass is 243 g/mol. The molecule has 0 aromatic heterocycles. The second-order valence-electron chi connectivity index (χ2n) is 3.26. The highest BCUT2D eigenvalue weighted by Crippen LogP contribution is 2.24. The van der Waals surface area contributed by atoms with Crippen molar-refractivity contribution in [1.29, 1.82) is 0 Å². The lowest BCUT2D eigenvalue weighted by molar-refractivity contribution is -0.385. The molecular formula is C10H10FNO5. The molecule has 92 valence electrons. The summed E-state index contributed by atoms with van der Waals surface area (Å²) in [7, 11) is 1.12. The van der Waals surface area contributed by atoms with E-state index in [0.29, 0.717) is 0 Å². The third-order valence-corrected chi connectivity index (χ3v) is 2.14. The van der Waals surface area contributed by atoms with Crippen LogP contribution in [0.2, 0.25) is 0 Å². The van der Waals surface area contributed by atoms with Gasteiger partial charge in [0.25, 0.3) is 5.69 Å². The fraction of sp³-hybridized carbons (Fsp3) is 0.300. The third kappa shape index (κ3) is 3.22. The van der Waals surface area contributed by atoms with Crippen molar-refractivity contribution < 1.29 is 24.0 Å². The number of nitro benzene ring substituents is 1. The van der Waals surface area contributed by atoms with Crippen LogP contribution < -0.4 is 0 Å². The van der Waals surface area contributed by atoms with Crippen LogP contribution in [0.5, 0.6) is 0 Å². The highest BCUT2D eigenvalue weighted by Gasteiger charge is 2.20. The van der Waals surface area contributed by atoms with Gasteiger partial charge in [0.1, 0.15) is 5.82 Å². The Balaban J connectivity index is 2.99. The Kier molecular flexibility index (Phi) is 4.11. The van der Waals surface area contributed by atoms with Gasteiger partial charge in [-0.05, 0) is 6.07 Å². The zero-order valence-electron chi connectivity index (χ0n) is 8.92. The third-order valence-electron chi connectivity index (χ3n) is 2.14. The molecule has 0 aliphatic heterocycles. The van der Waals surface area contributed by atoms with Crippen LogP contribution in [0, 0.1) is 15.9 Å². The zero-order chi connectivity index (χ0) is 13.0. The molecule has 1 aromatic rings. The van der Waals surface area contributed by atoms with E-state index in [2.05, 4.69) is 4.74 Å². The first-order valence-electron chi connectivity index (χ1n) is 4.64. The molecule has 0 radical (unpaired) electrons. The standard InChI is InChI=1S/C10H10FNO5/c1-17-10(14)5-9(13)7-4-6(12(15)16)2-3-8(7)11/h2-4,9,13H,5H2,1H3. The summed E-state index contributed by atoms with van der Waals surface area (Å²) < 4.78 is 17.6. The van der Waals surface area contributed by atoms with Crippen molar-refractivity contribution in [3.63, 3.8) is 0 Å². The first-order chi connectivity index (χ1) is 7.95. The molecule has 0 aliphatic carbocycles. The number of halogens is 1. The summed E-state index contributed by atoms with van der Waals surface area (Å²) in [4.78, 5) is 20.6. The van der Waals surface area contributed by atoms with E-state index in [0.717, 1.165) is 25.3 Å². The predicted octanol–water partition coefficient (Wildman–Crippen LogP) is 1.33. The molecule has 1 unspecified atom stereocenters. The lowest BCUT2D eigenvalue weighted by Gasteiger charge is -2.10. The summed E-state index contributed by atoms with van der Waals surface area (Å²) in [5.74, 6) is -1.55. The van der Waals surface area contributed by atoms with Crippen LogP contribution in [0.4, 0.5) is 10.1 Å². The Morgan fingerprint density at radius 2 is 2.29 bits per heavy atom. The average molecular weight is 243 g/mol. The van der Waals surface area contributed by atoms with Gasteiger partial charge in [0.2, 0.25) is 0 Å². The van der Waals surface area contributed by atoms with Gasteiger partial charge in [0, 0.05) is 17.7 Å². The number of esters is 1. The van der Waals surface area contributed by atoms with E-state index in [1.54, 1.807) is 0 Å². The Morgan fingerprint density at radius 1 is 1.65 bits per heavy atom. The summed E-state index contributed by atoms with van der Waals surface area (Å²) in [5.41, 5.74) is -0.657. The molecule has 17 heavy (non-hydrogen) atoms. The minimum absolute atomic E-state index is 0.301. The van der Waals surface area contributed by atoms with E-state index >= 15 is 0 Å². The van der Waals surface area contributed by atoms with Crippen LogP contribution in [0.25, 0.3) is 0 Å². The average Bonchev–Trinajstić information content (AvgIpc) is 2.28. The van der Waals surface area contributed by atoms with Crippen molar-refractivity contribution in [3.05, 3.63) is 39.7 Å². The summed E-state index contributed by atoms with van der Waals surface area (Å²) in [5, 5.41) is 20.0. The number of aliphatic hydroxyl groups excluding tert-OH is 1. The molecule has 0 saturated carbocycles. The van der Waals surface area contributed by atoms with Crippen molar-refractivity contribution in [2.45, 2.75) is 12.5 Å². The first kappa shape index (κ1) is 13.0. The van der Waals surface area contributed by atoms with E-state index in [1.165, 1.54) is 0 Å². The van der Waals surface area contributed by atoms with Crippen molar-refractivity contribution in [1.82, 2.24) is 0 Å². The molecule has 0 bridgehead atoms. The number of ether oxygens (including phenoxy) is 1. The molecule has 0 aliphatic rings. The maximum atomic E-state index is 13.3. The minimum Gasteiger partial charge on any atom is -0.469 e. The van der Waals surface area contributed by atoms with Gasteiger partial charge in [-0.25, -0.2) is 4.39 Å². The fourth-order valence-corrected chi connectivity index (χ4v) is 1.25. The summed E-state index contributed by atoms with van der Waals surface area (Å²) >= 11 is 0. The number of hydrogen-bond acceptors (Lipinski definition) is 5. The molecule has 0 spiro atoms. The molecule has 1 N–H and O–H groups in total. The maximum Gasteiger partial charge on any atom is 0.308 e. The Labute approximate surface area is 95.8 Å². The lowest BCUT2D eigenvalue weighted by atomic mass is 10.1. The van der Waals surface area contributed by atoms with Crippen LogP contribution in [-0.2, 0) is 9.53 Å². The van der Waals surface area contributed by atoms with Crippen LogP contribution in [-0.4, -0.2) is 23.1 Å². The zero-order valence-corrected chi connectivity index (χ0v) is 8.92. The van der Waals surface area contributed by atoms with E-state index < -0.39 is 29.2 Å². The Morgan fingerprint density at radius 3 is 2.82 bits per heavy atom. The normalized spacial score (nSPS) is 11.9. The molecule has 0 amide bonds. The number of aliphatic hydroxyl groups is 1. The van der Waals surface area contributed by atoms with Gasteiger partial charge in [0.05, 0.1) is 24.6 Å². The van der Waals surface area contributed by atoms with Gasteiger partial charge in [-0.3, -0.25) is 14.9 Å². The van der Waals surface area contributed by atoms with E-state index in [-0.39, 0.29) is 11.3 Å². The molecule has 6 nitrogen and oxygen atoms in total. The number of non-ortho nitro benzene ring substituents is 1. The van der Waals surface area contributed by atoms with Gasteiger partial charge in [-0.1, -0.05) is 0 Å². The van der Waals surface area contributed by atoms with Gasteiger partial charge in [0.15, 0.2) is 0 Å². The first-order valence-corrected chi connectivity index (χ1v) is 4.64. The molecule has 0 heterocycles. The number of carbonyl (C=O) groups excluding carboxylic acids is 1. The number of carbonyl (C=O) groups is 1. The molecule has 0 fully saturated rings. The van der Waals surface area contributed by atoms with Crippen LogP contribution in [0.3, 0.4) is 0 Å². The van der Waals surface area contributed by atoms with Crippen molar-refractivity contribution in [2.75, 3.05) is 7.11 Å². The van der Waals surface area contributed by atoms with Crippen LogP contribution >= 0.6 is 0 Å². The number of hydrogen-bond donors (Lipinski definition) is 1. The van der Waals surface area contributed by atoms with Crippen LogP contribution in [0.15, 0.2) is 18.2 Å². The molecule has 1 rings (SSSR count). The minimum atomic E-state index is -1.47. The summed E-state index contributed by atoms with van der Waals surface area (Å²) in [6.45, 7) is 0. The number of methoxy groups -OCH3 is 1. The molecule has 7 heteroatoms. The van der Waals surface area contributed by atoms with Crippen molar-refractivity contribution in [3.8, 4) is 0 Å². The second-order valence-corrected chi connectivity index (χ2v) is 3.26. The maximum absolute atomic E-state index is 13.3. The number of nitro groups is 1. The molecule has 0 saturated heterocycles. The quantitative estimate of drug-likeness (QED) is 0.489. The van der Waals surface area contributed by atoms with Crippen LogP contribution in [0.1, 0.15) is 18.1 Å².